The molecule has 22 heavy (non-hydrogen) atoms. The van der Waals surface area contributed by atoms with E-state index in [0.717, 1.165) is 0 Å². The van der Waals surface area contributed by atoms with Crippen LogP contribution in [0.5, 0.6) is 0 Å². The summed E-state index contributed by atoms with van der Waals surface area (Å²) < 4.78 is 20.8. The number of hydrogen-bond acceptors (Lipinski definition) is 3. The summed E-state index contributed by atoms with van der Waals surface area (Å²) in [5.74, 6) is 0.461. The molecule has 116 valence electrons. The van der Waals surface area contributed by atoms with Crippen LogP contribution in [0.15, 0.2) is 40.9 Å². The van der Waals surface area contributed by atoms with Crippen molar-refractivity contribution in [2.45, 2.75) is 27.2 Å². The maximum Gasteiger partial charge on any atom is 0.269 e. The summed E-state index contributed by atoms with van der Waals surface area (Å²) >= 11 is 0. The van der Waals surface area contributed by atoms with E-state index >= 15 is 0 Å². The highest BCUT2D eigenvalue weighted by Gasteiger charge is 2.17. The van der Waals surface area contributed by atoms with Crippen LogP contribution in [0.4, 0.5) is 4.39 Å². The average Bonchev–Trinajstić information content (AvgIpc) is 2.48. The van der Waals surface area contributed by atoms with Gasteiger partial charge in [0, 0.05) is 0 Å². The van der Waals surface area contributed by atoms with Crippen molar-refractivity contribution < 1.29 is 9.13 Å². The first-order valence-electron chi connectivity index (χ1n) is 7.14. The van der Waals surface area contributed by atoms with E-state index in [-0.39, 0.29) is 5.39 Å². The fourth-order valence-corrected chi connectivity index (χ4v) is 2.45. The lowest BCUT2D eigenvalue weighted by Crippen LogP contribution is -2.25. The van der Waals surface area contributed by atoms with Gasteiger partial charge in [-0.2, -0.15) is 0 Å². The summed E-state index contributed by atoms with van der Waals surface area (Å²) in [6.45, 7) is 5.49. The molecule has 0 N–H and O–H groups in total. The van der Waals surface area contributed by atoms with Crippen molar-refractivity contribution in [2.75, 3.05) is 7.11 Å². The Balaban J connectivity index is 2.88. The summed E-state index contributed by atoms with van der Waals surface area (Å²) in [7, 11) is 1.54. The van der Waals surface area contributed by atoms with Crippen molar-refractivity contribution in [3.05, 3.63) is 58.1 Å². The summed E-state index contributed by atoms with van der Waals surface area (Å²) in [5, 5.41) is -0.0124. The summed E-state index contributed by atoms with van der Waals surface area (Å²) in [5.41, 5.74) is 0.499. The topological polar surface area (TPSA) is 44.1 Å². The summed E-state index contributed by atoms with van der Waals surface area (Å²) in [6.07, 6.45) is 4.33. The molecule has 0 aliphatic rings. The second kappa shape index (κ2) is 6.56. The Hall–Kier alpha value is -2.43. The van der Waals surface area contributed by atoms with Gasteiger partial charge >= 0.3 is 0 Å². The van der Waals surface area contributed by atoms with Gasteiger partial charge in [0.15, 0.2) is 0 Å². The second-order valence-corrected chi connectivity index (χ2v) is 4.79. The van der Waals surface area contributed by atoms with Crippen molar-refractivity contribution >= 4 is 16.6 Å². The molecule has 0 fully saturated rings. The van der Waals surface area contributed by atoms with Gasteiger partial charge in [-0.1, -0.05) is 19.1 Å². The van der Waals surface area contributed by atoms with Gasteiger partial charge in [0.2, 0.25) is 0 Å². The fourth-order valence-electron chi connectivity index (χ4n) is 2.45. The van der Waals surface area contributed by atoms with Crippen LogP contribution in [0.25, 0.3) is 16.6 Å². The number of benzene rings is 1. The predicted octanol–water partition coefficient (Wildman–Crippen LogP) is 3.65. The van der Waals surface area contributed by atoms with Crippen molar-refractivity contribution in [2.24, 2.45) is 0 Å². The third-order valence-electron chi connectivity index (χ3n) is 3.39. The lowest BCUT2D eigenvalue weighted by molar-refractivity contribution is 0.306. The number of fused-ring (bicyclic) bond motifs is 1. The molecule has 2 rings (SSSR count). The molecule has 1 heterocycles. The lowest BCUT2D eigenvalue weighted by atomic mass is 10.2. The Kier molecular flexibility index (Phi) is 4.75. The molecule has 0 radical (unpaired) electrons. The standard InChI is InChI=1S/C17H19FN2O2/c1-5-8-14(15(6-2)22-4)20-11(3)19-13-10-7-9-12(18)16(13)17(20)21/h6-10H,5H2,1-4H3/b14-8+,15-6+. The molecule has 0 saturated carbocycles. The highest BCUT2D eigenvalue weighted by atomic mass is 19.1. The number of hydrogen-bond donors (Lipinski definition) is 0. The molecule has 0 unspecified atom stereocenters. The van der Waals surface area contributed by atoms with Gasteiger partial charge < -0.3 is 4.74 Å². The highest BCUT2D eigenvalue weighted by Crippen LogP contribution is 2.20. The maximum atomic E-state index is 14.1. The van der Waals surface area contributed by atoms with E-state index in [1.54, 1.807) is 25.1 Å². The van der Waals surface area contributed by atoms with Gasteiger partial charge in [-0.05, 0) is 38.5 Å². The molecule has 2 aromatic rings. The number of ether oxygens (including phenoxy) is 1. The van der Waals surface area contributed by atoms with Crippen LogP contribution < -0.4 is 5.56 Å². The van der Waals surface area contributed by atoms with E-state index in [1.807, 2.05) is 19.9 Å². The normalized spacial score (nSPS) is 12.8. The smallest absolute Gasteiger partial charge is 0.269 e. The Morgan fingerprint density at radius 2 is 2.18 bits per heavy atom. The van der Waals surface area contributed by atoms with Crippen molar-refractivity contribution in [3.8, 4) is 0 Å². The molecule has 0 aliphatic carbocycles. The van der Waals surface area contributed by atoms with Gasteiger partial charge in [-0.3, -0.25) is 9.36 Å². The zero-order valence-electron chi connectivity index (χ0n) is 13.2. The molecule has 5 heteroatoms. The van der Waals surface area contributed by atoms with E-state index in [9.17, 15) is 9.18 Å². The van der Waals surface area contributed by atoms with Crippen LogP contribution in [0, 0.1) is 12.7 Å². The third kappa shape index (κ3) is 2.66. The molecule has 4 nitrogen and oxygen atoms in total. The molecule has 0 atom stereocenters. The number of halogens is 1. The van der Waals surface area contributed by atoms with E-state index in [0.29, 0.717) is 29.2 Å². The highest BCUT2D eigenvalue weighted by molar-refractivity contribution is 5.79. The van der Waals surface area contributed by atoms with Crippen molar-refractivity contribution in [1.29, 1.82) is 0 Å². The van der Waals surface area contributed by atoms with Crippen molar-refractivity contribution in [1.82, 2.24) is 9.55 Å². The molecular weight excluding hydrogens is 283 g/mol. The summed E-state index contributed by atoms with van der Waals surface area (Å²) in [4.78, 5) is 17.1. The van der Waals surface area contributed by atoms with Crippen LogP contribution in [-0.2, 0) is 4.74 Å². The van der Waals surface area contributed by atoms with Crippen LogP contribution >= 0.6 is 0 Å². The zero-order valence-corrected chi connectivity index (χ0v) is 13.2. The molecule has 0 aliphatic heterocycles. The number of aromatic nitrogens is 2. The molecule has 1 aromatic carbocycles. The fraction of sp³-hybridized carbons (Fsp3) is 0.294. The van der Waals surface area contributed by atoms with Crippen LogP contribution in [0.3, 0.4) is 0 Å². The average molecular weight is 302 g/mol. The number of allylic oxidation sites excluding steroid dienone is 3. The van der Waals surface area contributed by atoms with Gasteiger partial charge in [-0.15, -0.1) is 0 Å². The number of aryl methyl sites for hydroxylation is 1. The van der Waals surface area contributed by atoms with Gasteiger partial charge in [0.05, 0.1) is 18.3 Å². The molecule has 0 saturated heterocycles. The van der Waals surface area contributed by atoms with E-state index in [2.05, 4.69) is 4.98 Å². The zero-order chi connectivity index (χ0) is 16.3. The first kappa shape index (κ1) is 15.9. The largest absolute Gasteiger partial charge is 0.495 e. The molecule has 0 amide bonds. The minimum Gasteiger partial charge on any atom is -0.495 e. The summed E-state index contributed by atoms with van der Waals surface area (Å²) in [6, 6.07) is 4.44. The van der Waals surface area contributed by atoms with Gasteiger partial charge in [-0.25, -0.2) is 9.37 Å². The Morgan fingerprint density at radius 3 is 2.77 bits per heavy atom. The Morgan fingerprint density at radius 1 is 1.45 bits per heavy atom. The minimum atomic E-state index is -0.570. The monoisotopic (exact) mass is 302 g/mol. The third-order valence-corrected chi connectivity index (χ3v) is 3.39. The van der Waals surface area contributed by atoms with Crippen LogP contribution in [0.1, 0.15) is 26.1 Å². The quantitative estimate of drug-likeness (QED) is 0.639. The molecule has 1 aromatic heterocycles. The molecular formula is C17H19FN2O2. The first-order chi connectivity index (χ1) is 10.5. The molecule has 0 bridgehead atoms. The predicted molar refractivity (Wildman–Crippen MR) is 86.0 cm³/mol. The first-order valence-corrected chi connectivity index (χ1v) is 7.14. The number of nitrogens with zero attached hydrogens (tertiary/aromatic N) is 2. The molecule has 0 spiro atoms. The van der Waals surface area contributed by atoms with E-state index < -0.39 is 11.4 Å². The minimum absolute atomic E-state index is 0.0124. The van der Waals surface area contributed by atoms with Crippen LogP contribution in [0.2, 0.25) is 0 Å². The van der Waals surface area contributed by atoms with Crippen molar-refractivity contribution in [3.63, 3.8) is 0 Å². The lowest BCUT2D eigenvalue weighted by Gasteiger charge is -2.16. The van der Waals surface area contributed by atoms with Gasteiger partial charge in [0.1, 0.15) is 22.8 Å². The van der Waals surface area contributed by atoms with Crippen LogP contribution in [-0.4, -0.2) is 16.7 Å². The Bertz CT molecular complexity index is 819. The number of rotatable bonds is 4. The maximum absolute atomic E-state index is 14.1. The second-order valence-electron chi connectivity index (χ2n) is 4.79. The van der Waals surface area contributed by atoms with E-state index in [1.165, 1.54) is 17.7 Å². The SMILES string of the molecule is C/C=C(OC)\C(=C/CC)n1c(C)nc2cccc(F)c2c1=O. The Labute approximate surface area is 128 Å². The number of methoxy groups -OCH3 is 1. The van der Waals surface area contributed by atoms with E-state index in [4.69, 9.17) is 4.74 Å². The van der Waals surface area contributed by atoms with Gasteiger partial charge in [0.25, 0.3) is 5.56 Å².